The summed E-state index contributed by atoms with van der Waals surface area (Å²) in [4.78, 5) is 8.97. The standard InChI is InChI=1S/C22H36F3N5O.HI/c1-7-26-20(28-14-17-15-29(5)10-11-30(17)6)27-13-16-8-9-18(31-21(2,3)4)12-19(16)22(23,24)25;/h8-9,12,17H,7,10-11,13-15H2,1-6H3,(H2,26,27,28);1H. The number of hydrogen-bond acceptors (Lipinski definition) is 4. The Morgan fingerprint density at radius 2 is 1.84 bits per heavy atom. The Labute approximate surface area is 207 Å². The molecule has 1 aliphatic rings. The van der Waals surface area contributed by atoms with Gasteiger partial charge in [-0.15, -0.1) is 24.0 Å². The van der Waals surface area contributed by atoms with Crippen molar-refractivity contribution >= 4 is 29.9 Å². The Kier molecular flexibility index (Phi) is 11.0. The van der Waals surface area contributed by atoms with Crippen LogP contribution >= 0.6 is 24.0 Å². The number of alkyl halides is 3. The van der Waals surface area contributed by atoms with E-state index in [2.05, 4.69) is 39.5 Å². The summed E-state index contributed by atoms with van der Waals surface area (Å²) in [7, 11) is 4.17. The number of halogens is 4. The molecule has 1 unspecified atom stereocenters. The summed E-state index contributed by atoms with van der Waals surface area (Å²) in [6.07, 6.45) is -4.48. The molecular formula is C22H37F3IN5O. The maximum absolute atomic E-state index is 13.7. The van der Waals surface area contributed by atoms with E-state index in [1.165, 1.54) is 6.07 Å². The Morgan fingerprint density at radius 3 is 2.44 bits per heavy atom. The van der Waals surface area contributed by atoms with E-state index < -0.39 is 17.3 Å². The van der Waals surface area contributed by atoms with E-state index in [-0.39, 0.29) is 41.8 Å². The molecule has 0 saturated carbocycles. The molecule has 10 heteroatoms. The minimum absolute atomic E-state index is 0. The van der Waals surface area contributed by atoms with Gasteiger partial charge in [0, 0.05) is 38.8 Å². The molecule has 1 fully saturated rings. The summed E-state index contributed by atoms with van der Waals surface area (Å²) in [5.41, 5.74) is -1.19. The molecule has 32 heavy (non-hydrogen) atoms. The number of piperazine rings is 1. The number of benzene rings is 1. The summed E-state index contributed by atoms with van der Waals surface area (Å²) in [6.45, 7) is 11.5. The molecule has 1 heterocycles. The molecule has 1 aromatic rings. The quantitative estimate of drug-likeness (QED) is 0.309. The summed E-state index contributed by atoms with van der Waals surface area (Å²) < 4.78 is 46.6. The van der Waals surface area contributed by atoms with Crippen molar-refractivity contribution in [2.75, 3.05) is 46.8 Å². The molecule has 2 N–H and O–H groups in total. The van der Waals surface area contributed by atoms with Crippen LogP contribution < -0.4 is 15.4 Å². The maximum Gasteiger partial charge on any atom is 0.416 e. The van der Waals surface area contributed by atoms with E-state index in [1.807, 2.05) is 6.92 Å². The highest BCUT2D eigenvalue weighted by atomic mass is 127. The molecule has 0 bridgehead atoms. The molecule has 0 aliphatic carbocycles. The smallest absolute Gasteiger partial charge is 0.416 e. The Morgan fingerprint density at radius 1 is 1.16 bits per heavy atom. The minimum atomic E-state index is -4.48. The summed E-state index contributed by atoms with van der Waals surface area (Å²) in [5, 5.41) is 6.40. The lowest BCUT2D eigenvalue weighted by Gasteiger charge is -2.37. The lowest BCUT2D eigenvalue weighted by atomic mass is 10.1. The molecule has 184 valence electrons. The molecule has 0 aromatic heterocycles. The van der Waals surface area contributed by atoms with Gasteiger partial charge in [-0.1, -0.05) is 6.07 Å². The number of rotatable bonds is 6. The first kappa shape index (κ1) is 28.8. The van der Waals surface area contributed by atoms with Gasteiger partial charge in [0.15, 0.2) is 5.96 Å². The van der Waals surface area contributed by atoms with Gasteiger partial charge < -0.3 is 20.3 Å². The normalized spacial score (nSPS) is 18.8. The lowest BCUT2D eigenvalue weighted by Crippen LogP contribution is -2.55. The fourth-order valence-corrected chi connectivity index (χ4v) is 3.42. The van der Waals surface area contributed by atoms with E-state index in [0.29, 0.717) is 25.1 Å². The second-order valence-corrected chi connectivity index (χ2v) is 9.00. The van der Waals surface area contributed by atoms with Crippen LogP contribution in [0.3, 0.4) is 0 Å². The molecule has 1 aliphatic heterocycles. The van der Waals surface area contributed by atoms with Crippen LogP contribution in [0.15, 0.2) is 23.2 Å². The van der Waals surface area contributed by atoms with Crippen LogP contribution in [0.5, 0.6) is 5.75 Å². The first-order chi connectivity index (χ1) is 14.4. The number of hydrogen-bond donors (Lipinski definition) is 2. The summed E-state index contributed by atoms with van der Waals surface area (Å²) in [6, 6.07) is 4.38. The monoisotopic (exact) mass is 571 g/mol. The number of guanidine groups is 1. The van der Waals surface area contributed by atoms with E-state index in [4.69, 9.17) is 4.74 Å². The third-order valence-corrected chi connectivity index (χ3v) is 5.05. The van der Waals surface area contributed by atoms with Crippen LogP contribution in [0, 0.1) is 0 Å². The average Bonchev–Trinajstić information content (AvgIpc) is 2.65. The number of nitrogens with one attached hydrogen (secondary N) is 2. The molecule has 2 rings (SSSR count). The highest BCUT2D eigenvalue weighted by molar-refractivity contribution is 14.0. The first-order valence-electron chi connectivity index (χ1n) is 10.7. The van der Waals surface area contributed by atoms with Crippen LogP contribution in [0.4, 0.5) is 13.2 Å². The molecule has 0 spiro atoms. The topological polar surface area (TPSA) is 52.1 Å². The predicted octanol–water partition coefficient (Wildman–Crippen LogP) is 3.80. The summed E-state index contributed by atoms with van der Waals surface area (Å²) in [5.74, 6) is 0.703. The Bertz CT molecular complexity index is 752. The van der Waals surface area contributed by atoms with Gasteiger partial charge in [0.2, 0.25) is 0 Å². The molecule has 0 amide bonds. The fourth-order valence-electron chi connectivity index (χ4n) is 3.42. The van der Waals surface area contributed by atoms with Crippen LogP contribution in [0.2, 0.25) is 0 Å². The van der Waals surface area contributed by atoms with Crippen molar-refractivity contribution in [3.05, 3.63) is 29.3 Å². The maximum atomic E-state index is 13.7. The van der Waals surface area contributed by atoms with Gasteiger partial charge >= 0.3 is 6.18 Å². The van der Waals surface area contributed by atoms with Crippen LogP contribution in [0.1, 0.15) is 38.8 Å². The lowest BCUT2D eigenvalue weighted by molar-refractivity contribution is -0.138. The number of likely N-dealkylation sites (N-methyl/N-ethyl adjacent to an activating group) is 2. The molecule has 1 atom stereocenters. The Hall–Kier alpha value is -1.27. The van der Waals surface area contributed by atoms with Gasteiger partial charge in [-0.2, -0.15) is 13.2 Å². The minimum Gasteiger partial charge on any atom is -0.488 e. The largest absolute Gasteiger partial charge is 0.488 e. The molecule has 0 radical (unpaired) electrons. The SMILES string of the molecule is CCNC(=NCc1ccc(OC(C)(C)C)cc1C(F)(F)F)NCC1CN(C)CCN1C.I. The number of aliphatic imine (C=N–C) groups is 1. The molecule has 6 nitrogen and oxygen atoms in total. The number of nitrogens with zero attached hydrogens (tertiary/aromatic N) is 3. The van der Waals surface area contributed by atoms with Gasteiger partial charge in [0.05, 0.1) is 12.1 Å². The van der Waals surface area contributed by atoms with Crippen LogP contribution in [-0.2, 0) is 12.7 Å². The van der Waals surface area contributed by atoms with E-state index in [9.17, 15) is 13.2 Å². The van der Waals surface area contributed by atoms with E-state index in [0.717, 1.165) is 25.7 Å². The zero-order valence-electron chi connectivity index (χ0n) is 19.8. The van der Waals surface area contributed by atoms with Gasteiger partial charge in [-0.05, 0) is 59.5 Å². The van der Waals surface area contributed by atoms with E-state index >= 15 is 0 Å². The van der Waals surface area contributed by atoms with Crippen molar-refractivity contribution in [1.29, 1.82) is 0 Å². The molecule has 1 aromatic carbocycles. The first-order valence-corrected chi connectivity index (χ1v) is 10.7. The van der Waals surface area contributed by atoms with Crippen molar-refractivity contribution in [2.24, 2.45) is 4.99 Å². The van der Waals surface area contributed by atoms with Crippen molar-refractivity contribution < 1.29 is 17.9 Å². The zero-order valence-corrected chi connectivity index (χ0v) is 22.2. The number of ether oxygens (including phenoxy) is 1. The highest BCUT2D eigenvalue weighted by Crippen LogP contribution is 2.35. The highest BCUT2D eigenvalue weighted by Gasteiger charge is 2.34. The van der Waals surface area contributed by atoms with Crippen molar-refractivity contribution in [3.8, 4) is 5.75 Å². The van der Waals surface area contributed by atoms with Gasteiger partial charge in [0.1, 0.15) is 11.4 Å². The Balaban J connectivity index is 0.00000512. The van der Waals surface area contributed by atoms with Crippen LogP contribution in [0.25, 0.3) is 0 Å². The van der Waals surface area contributed by atoms with Crippen molar-refractivity contribution in [1.82, 2.24) is 20.4 Å². The van der Waals surface area contributed by atoms with E-state index in [1.54, 1.807) is 26.8 Å². The predicted molar refractivity (Wildman–Crippen MR) is 134 cm³/mol. The molecule has 1 saturated heterocycles. The van der Waals surface area contributed by atoms with Gasteiger partial charge in [-0.3, -0.25) is 4.90 Å². The second kappa shape index (κ2) is 12.3. The fraction of sp³-hybridized carbons (Fsp3) is 0.682. The third-order valence-electron chi connectivity index (χ3n) is 5.05. The second-order valence-electron chi connectivity index (χ2n) is 9.00. The van der Waals surface area contributed by atoms with Crippen molar-refractivity contribution in [2.45, 2.75) is 52.1 Å². The zero-order chi connectivity index (χ0) is 23.2. The van der Waals surface area contributed by atoms with Crippen LogP contribution in [-0.4, -0.2) is 74.2 Å². The van der Waals surface area contributed by atoms with Gasteiger partial charge in [-0.25, -0.2) is 4.99 Å². The average molecular weight is 571 g/mol. The summed E-state index contributed by atoms with van der Waals surface area (Å²) >= 11 is 0. The molecular weight excluding hydrogens is 534 g/mol. The van der Waals surface area contributed by atoms with Gasteiger partial charge in [0.25, 0.3) is 0 Å². The third kappa shape index (κ3) is 9.30. The van der Waals surface area contributed by atoms with Crippen molar-refractivity contribution in [3.63, 3.8) is 0 Å².